The minimum atomic E-state index is 0.624. The molecule has 0 saturated heterocycles. The maximum Gasteiger partial charge on any atom is 0.164 e. The molecule has 5 heteroatoms. The summed E-state index contributed by atoms with van der Waals surface area (Å²) in [6.07, 6.45) is 0. The average Bonchev–Trinajstić information content (AvgIpc) is 3.83. The quantitative estimate of drug-likeness (QED) is 0.171. The summed E-state index contributed by atoms with van der Waals surface area (Å²) in [4.78, 5) is 15.2. The van der Waals surface area contributed by atoms with Crippen molar-refractivity contribution in [3.05, 3.63) is 194 Å². The second-order valence-corrected chi connectivity index (χ2v) is 15.1. The fraction of sp³-hybridized carbons (Fsp3) is 0. The third-order valence-corrected chi connectivity index (χ3v) is 11.8. The number of hydrogen-bond acceptors (Lipinski definition) is 4. The molecule has 0 spiro atoms. The van der Waals surface area contributed by atoms with Crippen molar-refractivity contribution in [2.45, 2.75) is 0 Å². The zero-order chi connectivity index (χ0) is 37.0. The monoisotopic (exact) mass is 732 g/mol. The number of para-hydroxylation sites is 1. The number of hydrogen-bond donors (Lipinski definition) is 0. The second kappa shape index (κ2) is 13.3. The van der Waals surface area contributed by atoms with Crippen LogP contribution < -0.4 is 0 Å². The molecule has 4 nitrogen and oxygen atoms in total. The van der Waals surface area contributed by atoms with E-state index in [2.05, 4.69) is 162 Å². The van der Waals surface area contributed by atoms with E-state index in [-0.39, 0.29) is 0 Å². The van der Waals surface area contributed by atoms with Crippen molar-refractivity contribution in [3.8, 4) is 62.1 Å². The van der Waals surface area contributed by atoms with Crippen LogP contribution in [0.1, 0.15) is 0 Å². The van der Waals surface area contributed by atoms with Gasteiger partial charge in [0.25, 0.3) is 0 Å². The predicted octanol–water partition coefficient (Wildman–Crippen LogP) is 13.7. The van der Waals surface area contributed by atoms with E-state index in [1.165, 1.54) is 47.5 Å². The fourth-order valence-electron chi connectivity index (χ4n) is 8.02. The van der Waals surface area contributed by atoms with Crippen molar-refractivity contribution in [1.82, 2.24) is 19.5 Å². The highest BCUT2D eigenvalue weighted by atomic mass is 32.1. The number of aromatic nitrogens is 4. The number of nitrogens with zero attached hydrogens (tertiary/aromatic N) is 4. The van der Waals surface area contributed by atoms with Gasteiger partial charge in [-0.15, -0.1) is 11.3 Å². The van der Waals surface area contributed by atoms with Gasteiger partial charge in [-0.2, -0.15) is 0 Å². The lowest BCUT2D eigenvalue weighted by Crippen LogP contribution is -2.02. The Labute approximate surface area is 327 Å². The van der Waals surface area contributed by atoms with Crippen LogP contribution in [0.25, 0.3) is 104 Å². The van der Waals surface area contributed by atoms with Gasteiger partial charge >= 0.3 is 0 Å². The van der Waals surface area contributed by atoms with E-state index in [1.807, 2.05) is 47.7 Å². The van der Waals surface area contributed by atoms with Crippen LogP contribution >= 0.6 is 11.3 Å². The van der Waals surface area contributed by atoms with Crippen LogP contribution in [-0.2, 0) is 0 Å². The molecule has 56 heavy (non-hydrogen) atoms. The van der Waals surface area contributed by atoms with Crippen LogP contribution in [0.15, 0.2) is 194 Å². The summed E-state index contributed by atoms with van der Waals surface area (Å²) in [6.45, 7) is 0. The van der Waals surface area contributed by atoms with E-state index in [0.29, 0.717) is 17.5 Å². The van der Waals surface area contributed by atoms with E-state index in [9.17, 15) is 0 Å². The number of thiophene rings is 1. The van der Waals surface area contributed by atoms with Crippen molar-refractivity contribution < 1.29 is 0 Å². The normalized spacial score (nSPS) is 11.6. The Morgan fingerprint density at radius 1 is 0.357 bits per heavy atom. The molecule has 0 aliphatic carbocycles. The van der Waals surface area contributed by atoms with Crippen molar-refractivity contribution >= 4 is 53.3 Å². The first-order valence-corrected chi connectivity index (χ1v) is 19.6. The maximum absolute atomic E-state index is 5.13. The van der Waals surface area contributed by atoms with E-state index in [0.717, 1.165) is 39.1 Å². The lowest BCUT2D eigenvalue weighted by Gasteiger charge is -2.17. The second-order valence-electron chi connectivity index (χ2n) is 14.0. The molecule has 0 N–H and O–H groups in total. The van der Waals surface area contributed by atoms with Crippen LogP contribution in [0.3, 0.4) is 0 Å². The molecule has 0 aliphatic rings. The molecule has 0 unspecified atom stereocenters. The Bertz CT molecular complexity index is 3180. The minimum Gasteiger partial charge on any atom is -0.307 e. The number of rotatable bonds is 6. The van der Waals surface area contributed by atoms with E-state index < -0.39 is 0 Å². The van der Waals surface area contributed by atoms with Gasteiger partial charge in [0, 0.05) is 48.5 Å². The molecular formula is C51H32N4S. The van der Waals surface area contributed by atoms with Gasteiger partial charge in [0.2, 0.25) is 0 Å². The third-order valence-electron chi connectivity index (χ3n) is 10.7. The summed E-state index contributed by atoms with van der Waals surface area (Å²) >= 11 is 1.87. The molecule has 0 amide bonds. The van der Waals surface area contributed by atoms with Crippen molar-refractivity contribution in [1.29, 1.82) is 0 Å². The Hall–Kier alpha value is -7.21. The summed E-state index contributed by atoms with van der Waals surface area (Å²) in [6, 6.07) is 68.6. The topological polar surface area (TPSA) is 43.6 Å². The third kappa shape index (κ3) is 5.40. The molecule has 0 bridgehead atoms. The smallest absolute Gasteiger partial charge is 0.164 e. The van der Waals surface area contributed by atoms with Gasteiger partial charge in [-0.25, -0.2) is 15.0 Å². The highest BCUT2D eigenvalue weighted by Gasteiger charge is 2.21. The van der Waals surface area contributed by atoms with Crippen molar-refractivity contribution in [2.75, 3.05) is 0 Å². The zero-order valence-electron chi connectivity index (χ0n) is 30.2. The molecule has 11 aromatic rings. The zero-order valence-corrected chi connectivity index (χ0v) is 31.0. The first-order valence-electron chi connectivity index (χ1n) is 18.8. The van der Waals surface area contributed by atoms with Crippen LogP contribution in [0.5, 0.6) is 0 Å². The van der Waals surface area contributed by atoms with Gasteiger partial charge in [0.05, 0.1) is 21.4 Å². The lowest BCUT2D eigenvalue weighted by atomic mass is 9.96. The average molecular weight is 733 g/mol. The van der Waals surface area contributed by atoms with Gasteiger partial charge in [-0.05, 0) is 53.1 Å². The molecule has 11 rings (SSSR count). The van der Waals surface area contributed by atoms with Crippen LogP contribution in [-0.4, -0.2) is 19.5 Å². The van der Waals surface area contributed by atoms with Crippen LogP contribution in [0, 0.1) is 0 Å². The fourth-order valence-corrected chi connectivity index (χ4v) is 9.26. The van der Waals surface area contributed by atoms with Gasteiger partial charge < -0.3 is 4.57 Å². The molecule has 0 saturated carbocycles. The highest BCUT2D eigenvalue weighted by molar-refractivity contribution is 7.26. The lowest BCUT2D eigenvalue weighted by molar-refractivity contribution is 1.07. The largest absolute Gasteiger partial charge is 0.307 e. The molecule has 0 radical (unpaired) electrons. The van der Waals surface area contributed by atoms with Crippen molar-refractivity contribution in [2.24, 2.45) is 0 Å². The standard InChI is InChI=1S/C51H32N4S/c1-4-15-33(16-5-1)36-21-14-22-37(31-36)43-32-38(51-53-49(34-17-6-2-7-18-34)52-50(54-51)35-19-8-3-9-20-35)27-30-45(43)55-44-25-12-10-23-39(44)41-28-29-42-40-24-11-13-26-46(40)56-48(42)47(41)55/h1-32H. The predicted molar refractivity (Wildman–Crippen MR) is 234 cm³/mol. The Balaban J connectivity index is 1.21. The molecular weight excluding hydrogens is 701 g/mol. The van der Waals surface area contributed by atoms with E-state index in [4.69, 9.17) is 15.0 Å². The summed E-state index contributed by atoms with van der Waals surface area (Å²) in [5.41, 5.74) is 10.8. The summed E-state index contributed by atoms with van der Waals surface area (Å²) in [7, 11) is 0. The molecule has 262 valence electrons. The molecule has 0 atom stereocenters. The molecule has 3 heterocycles. The minimum absolute atomic E-state index is 0.624. The van der Waals surface area contributed by atoms with Gasteiger partial charge in [0.15, 0.2) is 17.5 Å². The summed E-state index contributed by atoms with van der Waals surface area (Å²) < 4.78 is 5.05. The summed E-state index contributed by atoms with van der Waals surface area (Å²) in [5, 5.41) is 5.03. The van der Waals surface area contributed by atoms with E-state index >= 15 is 0 Å². The molecule has 3 aromatic heterocycles. The first kappa shape index (κ1) is 32.2. The SMILES string of the molecule is c1ccc(-c2cccc(-c3cc(-c4nc(-c5ccccc5)nc(-c5ccccc5)n4)ccc3-n3c4ccccc4c4ccc5c6ccccc6sc5c43)c2)cc1. The molecule has 0 aliphatic heterocycles. The Morgan fingerprint density at radius 2 is 0.911 bits per heavy atom. The van der Waals surface area contributed by atoms with Crippen LogP contribution in [0.2, 0.25) is 0 Å². The van der Waals surface area contributed by atoms with E-state index in [1.54, 1.807) is 0 Å². The maximum atomic E-state index is 5.13. The number of fused-ring (bicyclic) bond motifs is 7. The van der Waals surface area contributed by atoms with Gasteiger partial charge in [0.1, 0.15) is 0 Å². The van der Waals surface area contributed by atoms with Crippen molar-refractivity contribution in [3.63, 3.8) is 0 Å². The first-order chi connectivity index (χ1) is 27.8. The molecule has 0 fully saturated rings. The Morgan fingerprint density at radius 3 is 1.62 bits per heavy atom. The molecule has 8 aromatic carbocycles. The number of benzene rings is 8. The summed E-state index contributed by atoms with van der Waals surface area (Å²) in [5.74, 6) is 1.90. The van der Waals surface area contributed by atoms with Gasteiger partial charge in [-0.3, -0.25) is 0 Å². The van der Waals surface area contributed by atoms with Crippen LogP contribution in [0.4, 0.5) is 0 Å². The highest BCUT2D eigenvalue weighted by Crippen LogP contribution is 2.45. The van der Waals surface area contributed by atoms with Gasteiger partial charge in [-0.1, -0.05) is 158 Å². The Kier molecular flexibility index (Phi) is 7.64.